The van der Waals surface area contributed by atoms with E-state index in [1.165, 1.54) is 0 Å². The van der Waals surface area contributed by atoms with Gasteiger partial charge in [-0.3, -0.25) is 19.5 Å². The van der Waals surface area contributed by atoms with Crippen LogP contribution in [-0.4, -0.2) is 63.6 Å². The molecule has 0 bridgehead atoms. The second-order valence-electron chi connectivity index (χ2n) is 11.7. The molecule has 0 aliphatic carbocycles. The van der Waals surface area contributed by atoms with Gasteiger partial charge in [-0.15, -0.1) is 5.10 Å². The van der Waals surface area contributed by atoms with Gasteiger partial charge in [0.05, 0.1) is 36.1 Å². The maximum Gasteiger partial charge on any atom is 0.249 e. The number of morpholine rings is 1. The molecule has 220 valence electrons. The number of fused-ring (bicyclic) bond motifs is 2. The number of nitrogens with zero attached hydrogens (tertiary/aromatic N) is 6. The quantitative estimate of drug-likeness (QED) is 0.304. The molecule has 2 amide bonds. The van der Waals surface area contributed by atoms with E-state index in [-0.39, 0.29) is 18.4 Å². The van der Waals surface area contributed by atoms with E-state index < -0.39 is 11.6 Å². The van der Waals surface area contributed by atoms with Crippen LogP contribution in [0.5, 0.6) is 0 Å². The Morgan fingerprint density at radius 3 is 2.40 bits per heavy atom. The fourth-order valence-corrected chi connectivity index (χ4v) is 5.41. The van der Waals surface area contributed by atoms with Crippen LogP contribution in [-0.2, 0) is 20.9 Å². The molecule has 0 saturated carbocycles. The van der Waals surface area contributed by atoms with Gasteiger partial charge >= 0.3 is 0 Å². The van der Waals surface area contributed by atoms with Gasteiger partial charge in [0.2, 0.25) is 11.8 Å². The van der Waals surface area contributed by atoms with Crippen LogP contribution in [0, 0.1) is 0 Å². The Balaban J connectivity index is 1.45. The molecule has 1 atom stereocenters. The summed E-state index contributed by atoms with van der Waals surface area (Å²) in [5.74, 6) is -0.615. The fraction of sp³-hybridized carbons (Fsp3) is 0.303. The number of amides is 2. The van der Waals surface area contributed by atoms with E-state index >= 15 is 0 Å². The molecule has 1 unspecified atom stereocenters. The number of pyridine rings is 1. The number of ether oxygens (including phenoxy) is 1. The van der Waals surface area contributed by atoms with E-state index in [0.29, 0.717) is 30.0 Å². The molecule has 1 saturated heterocycles. The molecule has 0 radical (unpaired) electrons. The zero-order valence-electron chi connectivity index (χ0n) is 24.6. The van der Waals surface area contributed by atoms with Crippen molar-refractivity contribution in [2.45, 2.75) is 38.9 Å². The van der Waals surface area contributed by atoms with E-state index in [2.05, 4.69) is 25.5 Å². The summed E-state index contributed by atoms with van der Waals surface area (Å²) in [5.41, 5.74) is 3.94. The minimum Gasteiger partial charge on any atom is -0.378 e. The average Bonchev–Trinajstić information content (AvgIpc) is 3.41. The minimum atomic E-state index is -0.969. The molecule has 3 aromatic carbocycles. The van der Waals surface area contributed by atoms with E-state index in [9.17, 15) is 9.59 Å². The number of hydrogen-bond acceptors (Lipinski definition) is 7. The number of benzene rings is 3. The van der Waals surface area contributed by atoms with Crippen LogP contribution in [0.4, 0.5) is 11.4 Å². The predicted octanol–water partition coefficient (Wildman–Crippen LogP) is 4.51. The van der Waals surface area contributed by atoms with Gasteiger partial charge in [-0.1, -0.05) is 47.7 Å². The summed E-state index contributed by atoms with van der Waals surface area (Å²) < 4.78 is 7.08. The Morgan fingerprint density at radius 1 is 0.953 bits per heavy atom. The van der Waals surface area contributed by atoms with Crippen LogP contribution < -0.4 is 15.1 Å². The molecule has 10 nitrogen and oxygen atoms in total. The molecule has 1 aliphatic rings. The standard InChI is InChI=1S/C33H35N7O3/c1-33(2,3)35-32(42)31(23-12-14-25(15-13-23)38-16-18-43-19-17-38)40(26-20-24-8-4-5-9-27(24)34-21-26)30(41)22-39-29-11-7-6-10-28(29)36-37-39/h4-15,20-21,31H,16-19,22H2,1-3H3,(H,35,42). The summed E-state index contributed by atoms with van der Waals surface area (Å²) in [7, 11) is 0. The van der Waals surface area contributed by atoms with Gasteiger partial charge in [-0.25, -0.2) is 4.68 Å². The van der Waals surface area contributed by atoms with Crippen molar-refractivity contribution in [3.05, 3.63) is 90.6 Å². The summed E-state index contributed by atoms with van der Waals surface area (Å²) in [6.45, 7) is 8.61. The SMILES string of the molecule is CC(C)(C)NC(=O)C(c1ccc(N2CCOCC2)cc1)N(C(=O)Cn1nnc2ccccc21)c1cnc2ccccc2c1. The highest BCUT2D eigenvalue weighted by Crippen LogP contribution is 2.32. The highest BCUT2D eigenvalue weighted by Gasteiger charge is 2.35. The molecular weight excluding hydrogens is 542 g/mol. The average molecular weight is 578 g/mol. The molecule has 43 heavy (non-hydrogen) atoms. The largest absolute Gasteiger partial charge is 0.378 e. The maximum absolute atomic E-state index is 14.4. The van der Waals surface area contributed by atoms with Gasteiger partial charge in [0.15, 0.2) is 0 Å². The monoisotopic (exact) mass is 577 g/mol. The maximum atomic E-state index is 14.4. The Morgan fingerprint density at radius 2 is 1.65 bits per heavy atom. The van der Waals surface area contributed by atoms with Gasteiger partial charge in [0.1, 0.15) is 18.1 Å². The van der Waals surface area contributed by atoms with E-state index in [1.54, 1.807) is 15.8 Å². The number of hydrogen-bond donors (Lipinski definition) is 1. The first kappa shape index (κ1) is 28.3. The van der Waals surface area contributed by atoms with Gasteiger partial charge in [-0.2, -0.15) is 0 Å². The highest BCUT2D eigenvalue weighted by molar-refractivity contribution is 6.02. The summed E-state index contributed by atoms with van der Waals surface area (Å²) in [6, 6.07) is 24.0. The topological polar surface area (TPSA) is 105 Å². The summed E-state index contributed by atoms with van der Waals surface area (Å²) in [6.07, 6.45) is 1.65. The Labute approximate surface area is 250 Å². The van der Waals surface area contributed by atoms with Crippen LogP contribution in [0.1, 0.15) is 32.4 Å². The molecule has 10 heteroatoms. The van der Waals surface area contributed by atoms with Crippen LogP contribution in [0.2, 0.25) is 0 Å². The Kier molecular flexibility index (Phi) is 7.77. The van der Waals surface area contributed by atoms with Crippen molar-refractivity contribution in [3.8, 4) is 0 Å². The first-order valence-electron chi connectivity index (χ1n) is 14.5. The summed E-state index contributed by atoms with van der Waals surface area (Å²) >= 11 is 0. The zero-order valence-corrected chi connectivity index (χ0v) is 24.6. The second-order valence-corrected chi connectivity index (χ2v) is 11.7. The first-order chi connectivity index (χ1) is 20.8. The van der Waals surface area contributed by atoms with Crippen LogP contribution in [0.3, 0.4) is 0 Å². The fourth-order valence-electron chi connectivity index (χ4n) is 5.41. The molecule has 3 heterocycles. The van der Waals surface area contributed by atoms with E-state index in [4.69, 9.17) is 4.74 Å². The van der Waals surface area contributed by atoms with Crippen molar-refractivity contribution in [1.29, 1.82) is 0 Å². The van der Waals surface area contributed by atoms with Crippen LogP contribution in [0.15, 0.2) is 85.1 Å². The number of aromatic nitrogens is 4. The van der Waals surface area contributed by atoms with Crippen molar-refractivity contribution in [3.63, 3.8) is 0 Å². The number of nitrogens with one attached hydrogen (secondary N) is 1. The Hall–Kier alpha value is -4.83. The van der Waals surface area contributed by atoms with Crippen molar-refractivity contribution >= 4 is 45.1 Å². The number of para-hydroxylation sites is 2. The smallest absolute Gasteiger partial charge is 0.249 e. The Bertz CT molecular complexity index is 1750. The van der Waals surface area contributed by atoms with Gasteiger partial charge in [0, 0.05) is 29.7 Å². The lowest BCUT2D eigenvalue weighted by Gasteiger charge is -2.34. The number of anilines is 2. The van der Waals surface area contributed by atoms with E-state index in [1.807, 2.05) is 99.6 Å². The lowest BCUT2D eigenvalue weighted by Crippen LogP contribution is -2.50. The third-order valence-corrected chi connectivity index (χ3v) is 7.42. The van der Waals surface area contributed by atoms with Crippen LogP contribution >= 0.6 is 0 Å². The van der Waals surface area contributed by atoms with Crippen molar-refractivity contribution in [1.82, 2.24) is 25.3 Å². The third-order valence-electron chi connectivity index (χ3n) is 7.42. The van der Waals surface area contributed by atoms with Crippen molar-refractivity contribution in [2.24, 2.45) is 0 Å². The normalized spacial score (nSPS) is 14.5. The summed E-state index contributed by atoms with van der Waals surface area (Å²) in [5, 5.41) is 12.4. The van der Waals surface area contributed by atoms with Crippen molar-refractivity contribution < 1.29 is 14.3 Å². The number of rotatable bonds is 7. The molecule has 2 aromatic heterocycles. The minimum absolute atomic E-state index is 0.113. The van der Waals surface area contributed by atoms with Gasteiger partial charge in [0.25, 0.3) is 0 Å². The molecule has 0 spiro atoms. The first-order valence-corrected chi connectivity index (χ1v) is 14.5. The predicted molar refractivity (Wildman–Crippen MR) is 167 cm³/mol. The lowest BCUT2D eigenvalue weighted by molar-refractivity contribution is -0.128. The molecular formula is C33H35N7O3. The summed E-state index contributed by atoms with van der Waals surface area (Å²) in [4.78, 5) is 37.0. The third kappa shape index (κ3) is 6.19. The number of carbonyl (C=O) groups is 2. The molecule has 5 aromatic rings. The molecule has 1 aliphatic heterocycles. The molecule has 1 N–H and O–H groups in total. The second kappa shape index (κ2) is 11.8. The molecule has 6 rings (SSSR count). The zero-order chi connectivity index (χ0) is 30.0. The number of carbonyl (C=O) groups excluding carboxylic acids is 2. The van der Waals surface area contributed by atoms with Crippen molar-refractivity contribution in [2.75, 3.05) is 36.1 Å². The van der Waals surface area contributed by atoms with Gasteiger partial charge in [-0.05, 0) is 62.7 Å². The van der Waals surface area contributed by atoms with Gasteiger partial charge < -0.3 is 15.0 Å². The van der Waals surface area contributed by atoms with E-state index in [0.717, 1.165) is 35.2 Å². The highest BCUT2D eigenvalue weighted by atomic mass is 16.5. The van der Waals surface area contributed by atoms with Crippen LogP contribution in [0.25, 0.3) is 21.9 Å². The molecule has 1 fully saturated rings. The lowest BCUT2D eigenvalue weighted by atomic mass is 10.00.